The second kappa shape index (κ2) is 49.7. The second-order valence-corrected chi connectivity index (χ2v) is 21.1. The molecular weight excluding hydrogens is 1450 g/mol. The van der Waals surface area contributed by atoms with Crippen LogP contribution in [-0.2, 0) is 19.2 Å². The fourth-order valence-electron chi connectivity index (χ4n) is 7.30. The summed E-state index contributed by atoms with van der Waals surface area (Å²) in [5.74, 6) is -6.01. The first-order chi connectivity index (χ1) is 49.0. The first-order valence-corrected chi connectivity index (χ1v) is 30.5. The summed E-state index contributed by atoms with van der Waals surface area (Å²) in [4.78, 5) is 162. The molecule has 4 aromatic rings. The van der Waals surface area contributed by atoms with Crippen LogP contribution >= 0.6 is 0 Å². The molecule has 6 unspecified atom stereocenters. The minimum Gasteiger partial charge on any atom is -0.870 e. The number of hydrogen-bond acceptors (Lipinski definition) is 31. The number of aromatic nitrogens is 4. The molecule has 4 aromatic heterocycles. The van der Waals surface area contributed by atoms with E-state index >= 15 is 0 Å². The van der Waals surface area contributed by atoms with Crippen LogP contribution in [0.5, 0.6) is 0 Å². The van der Waals surface area contributed by atoms with Crippen molar-refractivity contribution in [3.05, 3.63) is 113 Å². The molecule has 4 aliphatic heterocycles. The van der Waals surface area contributed by atoms with Crippen LogP contribution in [0.1, 0.15) is 75.0 Å². The quantitative estimate of drug-likeness (QED) is 0.0190. The van der Waals surface area contributed by atoms with Crippen LogP contribution in [0.3, 0.4) is 0 Å². The van der Waals surface area contributed by atoms with Gasteiger partial charge in [-0.25, -0.2) is 18.0 Å². The molecular formula is C57H82F6N22NaO20+. The number of halogens is 6. The summed E-state index contributed by atoms with van der Waals surface area (Å²) in [7, 11) is 0. The monoisotopic (exact) mass is 1530 g/mol. The van der Waals surface area contributed by atoms with Gasteiger partial charge in [0.1, 0.15) is 40.9 Å². The van der Waals surface area contributed by atoms with Crippen LogP contribution in [0, 0.1) is 0 Å². The van der Waals surface area contributed by atoms with Gasteiger partial charge in [0.05, 0.1) is 92.4 Å². The van der Waals surface area contributed by atoms with Crippen molar-refractivity contribution in [3.63, 3.8) is 0 Å². The maximum absolute atomic E-state index is 12.8. The van der Waals surface area contributed by atoms with Crippen LogP contribution < -0.4 is 127 Å². The number of ketones is 1. The van der Waals surface area contributed by atoms with Gasteiger partial charge in [0.15, 0.2) is 30.4 Å². The topological polar surface area (TPSA) is 688 Å². The molecule has 0 aliphatic carbocycles. The summed E-state index contributed by atoms with van der Waals surface area (Å²) in [5, 5.41) is 91.5. The number of aliphatic hydroxyl groups excluding tert-OH is 4. The molecule has 106 heavy (non-hydrogen) atoms. The van der Waals surface area contributed by atoms with Crippen LogP contribution in [0.4, 0.5) is 49.1 Å². The SMILES string of the molecule is CC(=O)CNC(=O)c1c[nH]c(=O)c(NC2=NCC(O)CN2)c1.CCC(N)F.CCN.FCF.O=C(O)CC(NC(=O)CNC(=O)c1c[nH]c(=O)c(NC2=NCC(O)CN2)c1)C(F)(F)F.O=C(O)c1c[nH]c(=O)c(NC2=NCC(O)CN2)c1.O=C([OH2+])CNC(=O)c1c[nH]c(=O)c(NC2=NCC(O)CN2)c1.[Na+].[OH-]. The Kier molecular flexibility index (Phi) is 44.6. The van der Waals surface area contributed by atoms with Crippen LogP contribution in [0.2, 0.25) is 0 Å². The number of nitrogens with two attached hydrogens (primary N) is 2. The number of aromatic carboxylic acids is 1. The van der Waals surface area contributed by atoms with Gasteiger partial charge >= 0.3 is 53.6 Å². The number of carbonyl (C=O) groups is 8. The average molecular weight is 1530 g/mol. The van der Waals surface area contributed by atoms with Crippen LogP contribution in [0.25, 0.3) is 0 Å². The molecule has 4 aliphatic rings. The van der Waals surface area contributed by atoms with Gasteiger partial charge in [0, 0.05) is 55.8 Å². The number of amides is 4. The van der Waals surface area contributed by atoms with Crippen molar-refractivity contribution in [1.82, 2.24) is 62.5 Å². The van der Waals surface area contributed by atoms with Crippen molar-refractivity contribution < 1.29 is 135 Å². The Balaban J connectivity index is 0.00000133. The Morgan fingerprint density at radius 3 is 1.08 bits per heavy atom. The van der Waals surface area contributed by atoms with Crippen molar-refractivity contribution in [2.24, 2.45) is 31.4 Å². The van der Waals surface area contributed by atoms with E-state index in [4.69, 9.17) is 21.1 Å². The Morgan fingerprint density at radius 1 is 0.566 bits per heavy atom. The molecule has 29 N–H and O–H groups in total. The number of aliphatic carboxylic acids is 1. The number of aliphatic hydroxyl groups is 4. The Labute approximate surface area is 616 Å². The van der Waals surface area contributed by atoms with Gasteiger partial charge in [-0.1, -0.05) is 13.8 Å². The number of aromatic amines is 4. The van der Waals surface area contributed by atoms with Crippen LogP contribution in [0.15, 0.2) is 88.2 Å². The van der Waals surface area contributed by atoms with E-state index in [1.807, 2.05) is 6.92 Å². The predicted octanol–water partition coefficient (Wildman–Crippen LogP) is -9.00. The number of nitrogens with zero attached hydrogens (tertiary/aromatic N) is 4. The van der Waals surface area contributed by atoms with Crippen molar-refractivity contribution >= 4 is 93.9 Å². The zero-order valence-electron chi connectivity index (χ0n) is 56.9. The van der Waals surface area contributed by atoms with E-state index in [2.05, 4.69) is 104 Å². The van der Waals surface area contributed by atoms with E-state index in [9.17, 15) is 104 Å². The third-order valence-corrected chi connectivity index (χ3v) is 12.3. The number of pyridine rings is 4. The second-order valence-electron chi connectivity index (χ2n) is 21.1. The van der Waals surface area contributed by atoms with Gasteiger partial charge in [-0.3, -0.25) is 67.9 Å². The molecule has 0 saturated carbocycles. The van der Waals surface area contributed by atoms with E-state index in [-0.39, 0.29) is 131 Å². The molecule has 0 aromatic carbocycles. The van der Waals surface area contributed by atoms with E-state index in [1.165, 1.54) is 42.8 Å². The fourth-order valence-corrected chi connectivity index (χ4v) is 7.30. The summed E-state index contributed by atoms with van der Waals surface area (Å²) in [5.41, 5.74) is 7.95. The van der Waals surface area contributed by atoms with Crippen molar-refractivity contribution in [2.45, 2.75) is 76.5 Å². The van der Waals surface area contributed by atoms with Gasteiger partial charge < -0.3 is 136 Å². The van der Waals surface area contributed by atoms with E-state index in [1.54, 1.807) is 6.92 Å². The molecule has 0 fully saturated rings. The number of Topliss-reactive ketones (excluding diaryl/α,β-unsaturated/α-hetero) is 1. The molecule has 0 radical (unpaired) electrons. The summed E-state index contributed by atoms with van der Waals surface area (Å²) >= 11 is 0. The van der Waals surface area contributed by atoms with E-state index in [0.29, 0.717) is 43.9 Å². The van der Waals surface area contributed by atoms with Crippen molar-refractivity contribution in [1.29, 1.82) is 0 Å². The standard InChI is InChI=1S/C16H19F3N6O6.C13H17N5O4.C12H15N5O5.C10H12N4O4.C3H8FN.C2H7N.CH2F2.Na.H2O/c17-16(18,19)10(2-12(28)29)25-11(27)6-21-13(30)7-1-9(14(31)20-3-7)24-15-22-4-8(26)5-23-15;1-7(19)3-14-11(21)8-2-10(12(22)15-4-8)18-13-16-5-9(20)6-17-13;18-7-3-15-12(16-4-7)17-8-1-6(2-13-11(8)22)10(21)14-5-9(19)20;15-6-3-12-10(13-4-6)14-7-1-5(9(17)18)2-11-8(7)16;1-2-3(4)5;1-2-3;2-1-3;;/h1,3,8,10,26H,2,4-6H2,(H,20,31)(H,21,30)(H,25,27)(H,28,29)(H2,22,23,24);2,4,9,20H,3,5-6H2,1H3,(H,14,21)(H,15,22)(H2,16,17,18);1-2,7,18H,3-5H2,(H,13,22)(H,14,21)(H,19,20)(H2,15,16,17);1-2,6,15H,3-4H2,(H,11,16)(H,17,18)(H2,12,13,14);3H,2,5H2,1H3;2-3H2,1H3;1H2;;1H2/q;;;;;;;+1;. The molecule has 4 amide bonds. The zero-order chi connectivity index (χ0) is 78.2. The fraction of sp³-hybridized carbons (Fsp3) is 0.439. The molecule has 582 valence electrons. The number of nitrogens with one attached hydrogen (secondary N) is 16. The molecule has 8 rings (SSSR count). The normalized spacial score (nSPS) is 16.3. The minimum atomic E-state index is -4.98. The number of hydrogen-bond donors (Lipinski definition) is 24. The van der Waals surface area contributed by atoms with Crippen molar-refractivity contribution in [3.8, 4) is 0 Å². The number of β-amino-alcohol motifs (C(OH)–C–C–N with tert-alkyl or cyclic N) is 4. The van der Waals surface area contributed by atoms with Gasteiger partial charge in [-0.15, -0.1) is 0 Å². The Hall–Kier alpha value is -10.9. The third kappa shape index (κ3) is 38.1. The molecule has 0 bridgehead atoms. The summed E-state index contributed by atoms with van der Waals surface area (Å²) in [6.45, 7) is 4.52. The van der Waals surface area contributed by atoms with Gasteiger partial charge in [0.2, 0.25) is 12.8 Å². The maximum Gasteiger partial charge on any atom is 1.00 e. The zero-order valence-corrected chi connectivity index (χ0v) is 58.9. The molecule has 42 nitrogen and oxygen atoms in total. The summed E-state index contributed by atoms with van der Waals surface area (Å²) in [6, 6.07) is 2.41. The molecule has 8 heterocycles. The largest absolute Gasteiger partial charge is 1.00 e. The summed E-state index contributed by atoms with van der Waals surface area (Å²) < 4.78 is 68.8. The number of carboxylic acids is 2. The van der Waals surface area contributed by atoms with E-state index < -0.39 is 133 Å². The average Bonchev–Trinajstić information content (AvgIpc) is 0.804. The number of anilines is 4. The number of carbonyl (C=O) groups excluding carboxylic acids is 6. The Morgan fingerprint density at radius 2 is 0.840 bits per heavy atom. The maximum atomic E-state index is 12.8. The van der Waals surface area contributed by atoms with E-state index in [0.717, 1.165) is 25.0 Å². The molecule has 49 heteroatoms. The van der Waals surface area contributed by atoms with Crippen molar-refractivity contribution in [2.75, 3.05) is 107 Å². The minimum absolute atomic E-state index is 0. The third-order valence-electron chi connectivity index (χ3n) is 12.3. The van der Waals surface area contributed by atoms with Gasteiger partial charge in [0.25, 0.3) is 40.0 Å². The number of aliphatic imine (C=N–C) groups is 4. The first kappa shape index (κ1) is 95.1. The number of alkyl halides is 6. The molecule has 6 atom stereocenters. The molecule has 0 saturated heterocycles. The Bertz CT molecular complexity index is 3800. The first-order valence-electron chi connectivity index (χ1n) is 30.5. The number of H-pyrrole nitrogens is 4. The number of guanidine groups is 4. The van der Waals surface area contributed by atoms with Gasteiger partial charge in [-0.05, 0) is 44.2 Å². The summed E-state index contributed by atoms with van der Waals surface area (Å²) in [6.07, 6.45) is -4.81. The number of carboxylic acid groups (broad SMARTS) is 2. The smallest absolute Gasteiger partial charge is 0.870 e. The molecule has 0 spiro atoms. The van der Waals surface area contributed by atoms with Gasteiger partial charge in [-0.2, -0.15) is 13.2 Å². The van der Waals surface area contributed by atoms with Crippen LogP contribution in [-0.4, -0.2) is 261 Å². The predicted molar refractivity (Wildman–Crippen MR) is 365 cm³/mol. The number of rotatable bonds is 18.